The highest BCUT2D eigenvalue weighted by Gasteiger charge is 2.34. The minimum atomic E-state index is 0.952. The maximum atomic E-state index is 4.71. The van der Waals surface area contributed by atoms with Gasteiger partial charge in [0.25, 0.3) is 5.82 Å². The van der Waals surface area contributed by atoms with Crippen LogP contribution in [0.2, 0.25) is 0 Å². The Labute approximate surface area is 158 Å². The lowest BCUT2D eigenvalue weighted by molar-refractivity contribution is -0.671. The van der Waals surface area contributed by atoms with E-state index in [2.05, 4.69) is 71.8 Å². The van der Waals surface area contributed by atoms with Gasteiger partial charge in [-0.05, 0) is 42.7 Å². The Balaban J connectivity index is 1.65. The molecule has 27 heavy (non-hydrogen) atoms. The van der Waals surface area contributed by atoms with E-state index in [0.717, 1.165) is 18.7 Å². The third kappa shape index (κ3) is 1.91. The number of imidazole rings is 1. The highest BCUT2D eigenvalue weighted by atomic mass is 15.2. The molecule has 0 atom stereocenters. The van der Waals surface area contributed by atoms with Crippen molar-refractivity contribution in [3.05, 3.63) is 88.9 Å². The molecule has 0 spiro atoms. The van der Waals surface area contributed by atoms with Crippen LogP contribution in [-0.2, 0) is 13.0 Å². The number of hydrogen-bond acceptors (Lipinski definition) is 1. The smallest absolute Gasteiger partial charge is 0.256 e. The van der Waals surface area contributed by atoms with Crippen LogP contribution in [0.25, 0.3) is 28.3 Å². The Bertz CT molecular complexity index is 1250. The Morgan fingerprint density at radius 1 is 1.00 bits per heavy atom. The van der Waals surface area contributed by atoms with Gasteiger partial charge in [0, 0.05) is 29.3 Å². The van der Waals surface area contributed by atoms with Gasteiger partial charge in [0.2, 0.25) is 0 Å². The van der Waals surface area contributed by atoms with Crippen molar-refractivity contribution in [2.75, 3.05) is 0 Å². The largest absolute Gasteiger partial charge is 0.294 e. The van der Waals surface area contributed by atoms with Gasteiger partial charge >= 0.3 is 0 Å². The number of pyridine rings is 1. The predicted molar refractivity (Wildman–Crippen MR) is 106 cm³/mol. The SMILES string of the molecule is Cc1cc(C)c(-n2cc[n+]3c2-c2ccccc2C3)c2c1-c1ncccc1C2. The topological polar surface area (TPSA) is 21.7 Å². The van der Waals surface area contributed by atoms with Crippen LogP contribution < -0.4 is 4.57 Å². The molecule has 0 saturated heterocycles. The van der Waals surface area contributed by atoms with Crippen molar-refractivity contribution >= 4 is 0 Å². The van der Waals surface area contributed by atoms with E-state index >= 15 is 0 Å². The standard InChI is InChI=1S/C24H20N3/c1-15-12-16(2)23(20-13-17-7-5-9-25-22(17)21(15)20)27-11-10-26-14-18-6-3-4-8-19(18)24(26)27/h3-12H,13-14H2,1-2H3/q+1. The number of benzene rings is 2. The van der Waals surface area contributed by atoms with Crippen LogP contribution in [0.5, 0.6) is 0 Å². The number of nitrogens with zero attached hydrogens (tertiary/aromatic N) is 3. The van der Waals surface area contributed by atoms with Crippen molar-refractivity contribution in [2.24, 2.45) is 0 Å². The molecule has 3 nitrogen and oxygen atoms in total. The highest BCUT2D eigenvalue weighted by molar-refractivity contribution is 5.81. The lowest BCUT2D eigenvalue weighted by Gasteiger charge is -2.13. The summed E-state index contributed by atoms with van der Waals surface area (Å²) in [7, 11) is 0. The van der Waals surface area contributed by atoms with Crippen LogP contribution in [0.15, 0.2) is 61.1 Å². The summed E-state index contributed by atoms with van der Waals surface area (Å²) in [6.07, 6.45) is 7.29. The second-order valence-electron chi connectivity index (χ2n) is 7.68. The van der Waals surface area contributed by atoms with Gasteiger partial charge in [-0.2, -0.15) is 4.57 Å². The number of aromatic nitrogens is 3. The average Bonchev–Trinajstić information content (AvgIpc) is 3.33. The summed E-state index contributed by atoms with van der Waals surface area (Å²) < 4.78 is 4.75. The molecule has 0 N–H and O–H groups in total. The van der Waals surface area contributed by atoms with Crippen molar-refractivity contribution in [3.63, 3.8) is 0 Å². The van der Waals surface area contributed by atoms with Crippen molar-refractivity contribution in [1.82, 2.24) is 9.55 Å². The van der Waals surface area contributed by atoms with Crippen LogP contribution in [0.3, 0.4) is 0 Å². The molecule has 3 heterocycles. The summed E-state index contributed by atoms with van der Waals surface area (Å²) in [5.74, 6) is 1.28. The fourth-order valence-electron chi connectivity index (χ4n) is 4.97. The molecule has 2 aliphatic rings. The van der Waals surface area contributed by atoms with Gasteiger partial charge in [0.15, 0.2) is 0 Å². The monoisotopic (exact) mass is 350 g/mol. The fourth-order valence-corrected chi connectivity index (χ4v) is 4.97. The molecule has 1 aliphatic heterocycles. The van der Waals surface area contributed by atoms with Gasteiger partial charge < -0.3 is 0 Å². The van der Waals surface area contributed by atoms with Gasteiger partial charge in [-0.3, -0.25) is 4.98 Å². The highest BCUT2D eigenvalue weighted by Crippen LogP contribution is 2.43. The van der Waals surface area contributed by atoms with E-state index in [4.69, 9.17) is 4.98 Å². The van der Waals surface area contributed by atoms with Crippen molar-refractivity contribution in [1.29, 1.82) is 0 Å². The molecule has 0 bridgehead atoms. The lowest BCUT2D eigenvalue weighted by atomic mass is 9.97. The van der Waals surface area contributed by atoms with Gasteiger partial charge in [0.05, 0.1) is 11.3 Å². The number of rotatable bonds is 1. The summed E-state index contributed by atoms with van der Waals surface area (Å²) in [6.45, 7) is 5.40. The number of hydrogen-bond donors (Lipinski definition) is 0. The molecule has 0 amide bonds. The minimum absolute atomic E-state index is 0.952. The zero-order valence-corrected chi connectivity index (χ0v) is 15.5. The quantitative estimate of drug-likeness (QED) is 0.403. The Kier molecular flexibility index (Phi) is 2.85. The number of fused-ring (bicyclic) bond motifs is 6. The van der Waals surface area contributed by atoms with Crippen molar-refractivity contribution < 1.29 is 4.57 Å². The first kappa shape index (κ1) is 14.9. The van der Waals surface area contributed by atoms with Crippen molar-refractivity contribution in [3.8, 4) is 28.3 Å². The lowest BCUT2D eigenvalue weighted by Crippen LogP contribution is -2.30. The van der Waals surface area contributed by atoms with Gasteiger partial charge in [-0.15, -0.1) is 0 Å². The summed E-state index contributed by atoms with van der Waals surface area (Å²) >= 11 is 0. The predicted octanol–water partition coefficient (Wildman–Crippen LogP) is 4.38. The van der Waals surface area contributed by atoms with Crippen LogP contribution in [0.4, 0.5) is 0 Å². The molecule has 3 heteroatoms. The molecule has 1 aliphatic carbocycles. The van der Waals surface area contributed by atoms with Crippen LogP contribution in [-0.4, -0.2) is 9.55 Å². The average molecular weight is 350 g/mol. The van der Waals surface area contributed by atoms with E-state index in [1.54, 1.807) is 0 Å². The van der Waals surface area contributed by atoms with E-state index in [1.165, 1.54) is 50.5 Å². The second-order valence-corrected chi connectivity index (χ2v) is 7.68. The zero-order chi connectivity index (χ0) is 18.1. The van der Waals surface area contributed by atoms with E-state index in [-0.39, 0.29) is 0 Å². The summed E-state index contributed by atoms with van der Waals surface area (Å²) in [6, 6.07) is 15.3. The molecule has 0 fully saturated rings. The molecule has 4 aromatic rings. The fraction of sp³-hybridized carbons (Fsp3) is 0.167. The third-order valence-electron chi connectivity index (χ3n) is 6.02. The second kappa shape index (κ2) is 5.17. The molecular weight excluding hydrogens is 330 g/mol. The molecule has 6 rings (SSSR count). The summed E-state index contributed by atoms with van der Waals surface area (Å²) in [5.41, 5.74) is 11.9. The third-order valence-corrected chi connectivity index (χ3v) is 6.02. The first-order valence-corrected chi connectivity index (χ1v) is 9.49. The molecular formula is C24H20N3+. The summed E-state index contributed by atoms with van der Waals surface area (Å²) in [5, 5.41) is 0. The van der Waals surface area contributed by atoms with E-state index < -0.39 is 0 Å². The van der Waals surface area contributed by atoms with E-state index in [9.17, 15) is 0 Å². The van der Waals surface area contributed by atoms with Gasteiger partial charge in [-0.1, -0.05) is 30.3 Å². The molecule has 0 saturated carbocycles. The number of aryl methyl sites for hydroxylation is 2. The zero-order valence-electron chi connectivity index (χ0n) is 15.5. The van der Waals surface area contributed by atoms with Gasteiger partial charge in [-0.25, -0.2) is 4.57 Å². The van der Waals surface area contributed by atoms with Crippen LogP contribution >= 0.6 is 0 Å². The minimum Gasteiger partial charge on any atom is -0.256 e. The maximum Gasteiger partial charge on any atom is 0.294 e. The molecule has 2 aromatic heterocycles. The normalized spacial score (nSPS) is 13.3. The Hall–Kier alpha value is -3.20. The van der Waals surface area contributed by atoms with E-state index in [1.807, 2.05) is 12.3 Å². The molecule has 0 radical (unpaired) electrons. The first-order chi connectivity index (χ1) is 13.2. The van der Waals surface area contributed by atoms with Crippen LogP contribution in [0.1, 0.15) is 27.8 Å². The van der Waals surface area contributed by atoms with Gasteiger partial charge in [0.1, 0.15) is 24.6 Å². The van der Waals surface area contributed by atoms with E-state index in [0.29, 0.717) is 0 Å². The molecule has 2 aromatic carbocycles. The van der Waals surface area contributed by atoms with Crippen LogP contribution in [0, 0.1) is 13.8 Å². The molecule has 130 valence electrons. The summed E-state index contributed by atoms with van der Waals surface area (Å²) in [4.78, 5) is 4.71. The first-order valence-electron chi connectivity index (χ1n) is 9.49. The Morgan fingerprint density at radius 2 is 1.85 bits per heavy atom. The van der Waals surface area contributed by atoms with Crippen molar-refractivity contribution in [2.45, 2.75) is 26.8 Å². The maximum absolute atomic E-state index is 4.71. The molecule has 0 unspecified atom stereocenters. The Morgan fingerprint density at radius 3 is 2.78 bits per heavy atom.